The molecule has 0 N–H and O–H groups in total. The molecular formula is C12H13Cl2N3. The van der Waals surface area contributed by atoms with Gasteiger partial charge >= 0.3 is 0 Å². The van der Waals surface area contributed by atoms with E-state index >= 15 is 0 Å². The van der Waals surface area contributed by atoms with Gasteiger partial charge in [0.1, 0.15) is 12.2 Å². The van der Waals surface area contributed by atoms with Crippen LogP contribution in [0.2, 0.25) is 10.0 Å². The molecule has 2 aromatic rings. The molecule has 0 aliphatic rings. The van der Waals surface area contributed by atoms with Crippen molar-refractivity contribution in [2.45, 2.75) is 26.3 Å². The van der Waals surface area contributed by atoms with Gasteiger partial charge in [-0.15, -0.1) is 10.2 Å². The molecule has 5 heteroatoms. The molecule has 2 rings (SSSR count). The minimum atomic E-state index is 0.574. The van der Waals surface area contributed by atoms with Crippen LogP contribution in [0.5, 0.6) is 0 Å². The summed E-state index contributed by atoms with van der Waals surface area (Å²) in [6.07, 6.45) is 3.54. The second kappa shape index (κ2) is 5.52. The van der Waals surface area contributed by atoms with E-state index in [0.29, 0.717) is 10.0 Å². The first-order valence-corrected chi connectivity index (χ1v) is 6.27. The van der Waals surface area contributed by atoms with E-state index in [1.54, 1.807) is 12.4 Å². The molecule has 0 saturated carbocycles. The second-order valence-corrected chi connectivity index (χ2v) is 4.68. The van der Waals surface area contributed by atoms with Crippen molar-refractivity contribution < 1.29 is 0 Å². The van der Waals surface area contributed by atoms with Crippen LogP contribution in [0.1, 0.15) is 24.7 Å². The predicted molar refractivity (Wildman–Crippen MR) is 69.6 cm³/mol. The number of aryl methyl sites for hydroxylation is 1. The van der Waals surface area contributed by atoms with Gasteiger partial charge in [-0.3, -0.25) is 0 Å². The predicted octanol–water partition coefficient (Wildman–Crippen LogP) is 3.59. The summed E-state index contributed by atoms with van der Waals surface area (Å²) in [4.78, 5) is 0. The molecule has 3 nitrogen and oxygen atoms in total. The molecule has 0 radical (unpaired) electrons. The summed E-state index contributed by atoms with van der Waals surface area (Å²) in [5.41, 5.74) is 1.09. The maximum absolute atomic E-state index is 5.98. The Kier molecular flexibility index (Phi) is 4.02. The lowest BCUT2D eigenvalue weighted by Gasteiger charge is -2.05. The first kappa shape index (κ1) is 12.4. The Hall–Kier alpha value is -1.06. The molecule has 17 heavy (non-hydrogen) atoms. The van der Waals surface area contributed by atoms with Crippen molar-refractivity contribution in [3.63, 3.8) is 0 Å². The molecule has 0 aliphatic heterocycles. The summed E-state index contributed by atoms with van der Waals surface area (Å²) in [5.74, 6) is 0.949. The fourth-order valence-electron chi connectivity index (χ4n) is 1.68. The van der Waals surface area contributed by atoms with E-state index in [-0.39, 0.29) is 0 Å². The normalized spacial score (nSPS) is 10.8. The van der Waals surface area contributed by atoms with Gasteiger partial charge in [-0.05, 0) is 24.1 Å². The van der Waals surface area contributed by atoms with Crippen LogP contribution in [-0.2, 0) is 13.0 Å². The molecule has 0 atom stereocenters. The Bertz CT molecular complexity index is 508. The molecule has 0 aliphatic carbocycles. The monoisotopic (exact) mass is 269 g/mol. The van der Waals surface area contributed by atoms with Crippen molar-refractivity contribution >= 4 is 23.2 Å². The van der Waals surface area contributed by atoms with Crippen molar-refractivity contribution in [2.75, 3.05) is 0 Å². The Labute approximate surface area is 110 Å². The van der Waals surface area contributed by atoms with Crippen molar-refractivity contribution in [3.8, 4) is 0 Å². The fraction of sp³-hybridized carbons (Fsp3) is 0.333. The molecule has 0 saturated heterocycles. The summed E-state index contributed by atoms with van der Waals surface area (Å²) in [7, 11) is 0. The quantitative estimate of drug-likeness (QED) is 0.850. The van der Waals surface area contributed by atoms with Gasteiger partial charge in [-0.2, -0.15) is 0 Å². The van der Waals surface area contributed by atoms with Crippen molar-refractivity contribution in [2.24, 2.45) is 0 Å². The molecular weight excluding hydrogens is 257 g/mol. The highest BCUT2D eigenvalue weighted by molar-refractivity contribution is 6.42. The Morgan fingerprint density at radius 1 is 1.24 bits per heavy atom. The topological polar surface area (TPSA) is 30.7 Å². The highest BCUT2D eigenvalue weighted by Crippen LogP contribution is 2.23. The van der Waals surface area contributed by atoms with E-state index in [9.17, 15) is 0 Å². The Morgan fingerprint density at radius 2 is 2.06 bits per heavy atom. The van der Waals surface area contributed by atoms with E-state index in [4.69, 9.17) is 23.2 Å². The van der Waals surface area contributed by atoms with Crippen molar-refractivity contribution in [3.05, 3.63) is 46.0 Å². The maximum atomic E-state index is 5.98. The van der Waals surface area contributed by atoms with Gasteiger partial charge in [-0.25, -0.2) is 0 Å². The average Bonchev–Trinajstić information content (AvgIpc) is 2.72. The largest absolute Gasteiger partial charge is 0.317 e. The van der Waals surface area contributed by atoms with Crippen LogP contribution in [0.15, 0.2) is 24.5 Å². The Morgan fingerprint density at radius 3 is 2.76 bits per heavy atom. The molecule has 0 bridgehead atoms. The van der Waals surface area contributed by atoms with Gasteiger partial charge in [0.25, 0.3) is 0 Å². The van der Waals surface area contributed by atoms with E-state index in [1.807, 2.05) is 12.1 Å². The lowest BCUT2D eigenvalue weighted by Crippen LogP contribution is -2.03. The molecule has 0 unspecified atom stereocenters. The maximum Gasteiger partial charge on any atom is 0.137 e. The van der Waals surface area contributed by atoms with Crippen LogP contribution in [0.4, 0.5) is 0 Å². The van der Waals surface area contributed by atoms with Gasteiger partial charge in [-0.1, -0.05) is 36.2 Å². The summed E-state index contributed by atoms with van der Waals surface area (Å²) < 4.78 is 2.06. The smallest absolute Gasteiger partial charge is 0.137 e. The zero-order chi connectivity index (χ0) is 12.3. The molecule has 1 heterocycles. The number of rotatable bonds is 4. The zero-order valence-corrected chi connectivity index (χ0v) is 11.0. The summed E-state index contributed by atoms with van der Waals surface area (Å²) >= 11 is 11.9. The number of halogens is 2. The fourth-order valence-corrected chi connectivity index (χ4v) is 2.00. The van der Waals surface area contributed by atoms with Gasteiger partial charge in [0.2, 0.25) is 0 Å². The number of benzene rings is 1. The van der Waals surface area contributed by atoms with E-state index in [0.717, 1.165) is 30.8 Å². The lowest BCUT2D eigenvalue weighted by molar-refractivity contribution is 0.646. The Balaban J connectivity index is 2.19. The van der Waals surface area contributed by atoms with Gasteiger partial charge < -0.3 is 4.57 Å². The molecule has 0 fully saturated rings. The minimum absolute atomic E-state index is 0.574. The van der Waals surface area contributed by atoms with Gasteiger partial charge in [0.15, 0.2) is 0 Å². The van der Waals surface area contributed by atoms with Gasteiger partial charge in [0.05, 0.1) is 10.0 Å². The molecule has 0 amide bonds. The van der Waals surface area contributed by atoms with Crippen molar-refractivity contribution in [1.29, 1.82) is 0 Å². The molecule has 1 aromatic heterocycles. The molecule has 1 aromatic carbocycles. The summed E-state index contributed by atoms with van der Waals surface area (Å²) in [6, 6.07) is 5.63. The van der Waals surface area contributed by atoms with Crippen LogP contribution in [-0.4, -0.2) is 14.8 Å². The standard InChI is InChI=1S/C12H13Cl2N3/c1-2-5-17-8-15-16-12(17)7-9-3-4-10(13)11(14)6-9/h3-4,6,8H,2,5,7H2,1H3. The molecule has 0 spiro atoms. The highest BCUT2D eigenvalue weighted by Gasteiger charge is 2.06. The van der Waals surface area contributed by atoms with Crippen molar-refractivity contribution in [1.82, 2.24) is 14.8 Å². The highest BCUT2D eigenvalue weighted by atomic mass is 35.5. The van der Waals surface area contributed by atoms with Gasteiger partial charge in [0, 0.05) is 13.0 Å². The first-order valence-electron chi connectivity index (χ1n) is 5.51. The summed E-state index contributed by atoms with van der Waals surface area (Å²) in [6.45, 7) is 3.06. The third kappa shape index (κ3) is 2.99. The SMILES string of the molecule is CCCn1cnnc1Cc1ccc(Cl)c(Cl)c1. The number of hydrogen-bond acceptors (Lipinski definition) is 2. The zero-order valence-electron chi connectivity index (χ0n) is 9.53. The van der Waals surface area contributed by atoms with Crippen LogP contribution in [0, 0.1) is 0 Å². The third-order valence-electron chi connectivity index (χ3n) is 2.51. The van der Waals surface area contributed by atoms with E-state index in [2.05, 4.69) is 21.7 Å². The first-order chi connectivity index (χ1) is 8.20. The van der Waals surface area contributed by atoms with Crippen LogP contribution >= 0.6 is 23.2 Å². The van der Waals surface area contributed by atoms with Crippen LogP contribution < -0.4 is 0 Å². The van der Waals surface area contributed by atoms with Crippen LogP contribution in [0.3, 0.4) is 0 Å². The minimum Gasteiger partial charge on any atom is -0.317 e. The average molecular weight is 270 g/mol. The third-order valence-corrected chi connectivity index (χ3v) is 3.25. The van der Waals surface area contributed by atoms with Crippen LogP contribution in [0.25, 0.3) is 0 Å². The lowest BCUT2D eigenvalue weighted by atomic mass is 10.1. The number of nitrogens with zero attached hydrogens (tertiary/aromatic N) is 3. The molecule has 90 valence electrons. The van der Waals surface area contributed by atoms with E-state index < -0.39 is 0 Å². The number of aromatic nitrogens is 3. The summed E-state index contributed by atoms with van der Waals surface area (Å²) in [5, 5.41) is 9.20. The number of hydrogen-bond donors (Lipinski definition) is 0. The second-order valence-electron chi connectivity index (χ2n) is 3.87. The van der Waals surface area contributed by atoms with E-state index in [1.165, 1.54) is 0 Å².